The van der Waals surface area contributed by atoms with Crippen molar-refractivity contribution in [2.45, 2.75) is 45.6 Å². The summed E-state index contributed by atoms with van der Waals surface area (Å²) < 4.78 is 7.27. The van der Waals surface area contributed by atoms with Gasteiger partial charge in [-0.1, -0.05) is 20.3 Å². The maximum atomic E-state index is 12.5. The van der Waals surface area contributed by atoms with Crippen molar-refractivity contribution >= 4 is 34.4 Å². The summed E-state index contributed by atoms with van der Waals surface area (Å²) in [6.45, 7) is 4.25. The van der Waals surface area contributed by atoms with E-state index in [2.05, 4.69) is 24.1 Å². The van der Waals surface area contributed by atoms with E-state index in [0.29, 0.717) is 9.75 Å². The molecule has 1 aliphatic rings. The lowest BCUT2D eigenvalue weighted by Crippen LogP contribution is -2.38. The van der Waals surface area contributed by atoms with Crippen LogP contribution in [0, 0.1) is 0 Å². The number of pyridine rings is 1. The van der Waals surface area contributed by atoms with Gasteiger partial charge in [-0.25, -0.2) is 4.68 Å². The van der Waals surface area contributed by atoms with Crippen molar-refractivity contribution in [2.24, 2.45) is 0 Å². The van der Waals surface area contributed by atoms with E-state index in [1.54, 1.807) is 25.4 Å². The van der Waals surface area contributed by atoms with Crippen molar-refractivity contribution in [2.75, 3.05) is 7.11 Å². The number of carbonyl (C=O) groups is 2. The Morgan fingerprint density at radius 2 is 2.09 bits per heavy atom. The van der Waals surface area contributed by atoms with Gasteiger partial charge in [-0.2, -0.15) is 5.10 Å². The fraction of sp³-hybridized carbons (Fsp3) is 0.308. The summed E-state index contributed by atoms with van der Waals surface area (Å²) in [6.07, 6.45) is 8.18. The SMILES string of the molecule is CCC.COc1ccc2nccc(-n3cc4c(n3)CCC(NC(=O)c3ccc(C=O)s3)C4)c2c1. The molecule has 4 aromatic rings. The Kier molecular flexibility index (Phi) is 7.37. The average molecular weight is 477 g/mol. The standard InChI is InChI=1S/C23H20N4O3S.C3H8/c1-30-16-3-6-20-18(11-16)21(8-9-24-20)27-12-14-10-15(2-5-19(14)26-27)25-23(29)22-7-4-17(13-28)31-22;1-3-2/h3-4,6-9,11-13,15H,2,5,10H2,1H3,(H,25,29);3H2,1-2H3. The van der Waals surface area contributed by atoms with Gasteiger partial charge in [-0.15, -0.1) is 11.3 Å². The molecule has 1 aliphatic carbocycles. The second-order valence-corrected chi connectivity index (χ2v) is 9.31. The molecule has 1 N–H and O–H groups in total. The topological polar surface area (TPSA) is 86.1 Å². The number of hydrogen-bond acceptors (Lipinski definition) is 6. The van der Waals surface area contributed by atoms with Crippen LogP contribution in [0.5, 0.6) is 5.75 Å². The lowest BCUT2D eigenvalue weighted by molar-refractivity contribution is 0.0937. The number of thiophene rings is 1. The van der Waals surface area contributed by atoms with Crippen LogP contribution in [0.2, 0.25) is 0 Å². The molecule has 34 heavy (non-hydrogen) atoms. The van der Waals surface area contributed by atoms with Crippen LogP contribution in [0.4, 0.5) is 0 Å². The van der Waals surface area contributed by atoms with Gasteiger partial charge in [0, 0.05) is 23.8 Å². The molecule has 176 valence electrons. The maximum Gasteiger partial charge on any atom is 0.261 e. The summed E-state index contributed by atoms with van der Waals surface area (Å²) in [4.78, 5) is 28.9. The number of nitrogens with zero attached hydrogens (tertiary/aromatic N) is 3. The highest BCUT2D eigenvalue weighted by Gasteiger charge is 2.24. The van der Waals surface area contributed by atoms with E-state index in [4.69, 9.17) is 9.84 Å². The van der Waals surface area contributed by atoms with E-state index in [9.17, 15) is 9.59 Å². The summed E-state index contributed by atoms with van der Waals surface area (Å²) in [6, 6.07) is 11.1. The van der Waals surface area contributed by atoms with E-state index >= 15 is 0 Å². The molecule has 5 rings (SSSR count). The maximum absolute atomic E-state index is 12.5. The van der Waals surface area contributed by atoms with Gasteiger partial charge in [0.1, 0.15) is 5.75 Å². The minimum atomic E-state index is -0.133. The van der Waals surface area contributed by atoms with Gasteiger partial charge in [0.15, 0.2) is 6.29 Å². The molecule has 0 aliphatic heterocycles. The molecule has 3 heterocycles. The Morgan fingerprint density at radius 3 is 2.82 bits per heavy atom. The Hall–Kier alpha value is -3.52. The largest absolute Gasteiger partial charge is 0.497 e. The molecule has 0 saturated heterocycles. The molecule has 0 bridgehead atoms. The number of hydrogen-bond donors (Lipinski definition) is 1. The zero-order valence-electron chi connectivity index (χ0n) is 19.6. The molecule has 8 heteroatoms. The van der Waals surface area contributed by atoms with E-state index in [-0.39, 0.29) is 11.9 Å². The van der Waals surface area contributed by atoms with Crippen molar-refractivity contribution in [1.82, 2.24) is 20.1 Å². The van der Waals surface area contributed by atoms with Crippen molar-refractivity contribution < 1.29 is 14.3 Å². The number of nitrogens with one attached hydrogen (secondary N) is 1. The zero-order valence-corrected chi connectivity index (χ0v) is 20.4. The first kappa shape index (κ1) is 23.6. The van der Waals surface area contributed by atoms with E-state index < -0.39 is 0 Å². The summed E-state index contributed by atoms with van der Waals surface area (Å²) in [5.41, 5.74) is 4.00. The summed E-state index contributed by atoms with van der Waals surface area (Å²) in [5, 5.41) is 8.88. The Bertz CT molecular complexity index is 1310. The fourth-order valence-corrected chi connectivity index (χ4v) is 4.71. The number of benzene rings is 1. The third-order valence-electron chi connectivity index (χ3n) is 5.55. The molecule has 0 spiro atoms. The van der Waals surface area contributed by atoms with Gasteiger partial charge in [-0.05, 0) is 61.2 Å². The van der Waals surface area contributed by atoms with Crippen molar-refractivity contribution in [1.29, 1.82) is 0 Å². The second kappa shape index (κ2) is 10.6. The van der Waals surface area contributed by atoms with Gasteiger partial charge in [0.25, 0.3) is 5.91 Å². The number of carbonyl (C=O) groups excluding carboxylic acids is 2. The highest BCUT2D eigenvalue weighted by atomic mass is 32.1. The van der Waals surface area contributed by atoms with Crippen LogP contribution in [0.3, 0.4) is 0 Å². The monoisotopic (exact) mass is 476 g/mol. The number of amides is 1. The third kappa shape index (κ3) is 5.02. The average Bonchev–Trinajstić information content (AvgIpc) is 3.51. The summed E-state index contributed by atoms with van der Waals surface area (Å²) in [5.74, 6) is 0.638. The quantitative estimate of drug-likeness (QED) is 0.409. The number of aromatic nitrogens is 3. The smallest absolute Gasteiger partial charge is 0.261 e. The minimum absolute atomic E-state index is 0.0358. The van der Waals surface area contributed by atoms with Crippen molar-refractivity contribution in [3.8, 4) is 11.4 Å². The van der Waals surface area contributed by atoms with Crippen LogP contribution in [-0.2, 0) is 12.8 Å². The van der Waals surface area contributed by atoms with Crippen LogP contribution >= 0.6 is 11.3 Å². The van der Waals surface area contributed by atoms with Crippen molar-refractivity contribution in [3.63, 3.8) is 0 Å². The summed E-state index contributed by atoms with van der Waals surface area (Å²) in [7, 11) is 1.65. The normalized spacial score (nSPS) is 14.6. The molecule has 7 nitrogen and oxygen atoms in total. The molecule has 0 radical (unpaired) electrons. The number of aryl methyl sites for hydroxylation is 1. The first-order valence-corrected chi connectivity index (χ1v) is 12.2. The Morgan fingerprint density at radius 1 is 1.26 bits per heavy atom. The van der Waals surface area contributed by atoms with Gasteiger partial charge in [0.05, 0.1) is 33.8 Å². The van der Waals surface area contributed by atoms with Crippen LogP contribution in [0.25, 0.3) is 16.6 Å². The molecule has 1 atom stereocenters. The number of rotatable bonds is 5. The predicted octanol–water partition coefficient (Wildman–Crippen LogP) is 5.01. The van der Waals surface area contributed by atoms with Crippen molar-refractivity contribution in [3.05, 3.63) is 69.8 Å². The summed E-state index contributed by atoms with van der Waals surface area (Å²) >= 11 is 1.21. The van der Waals surface area contributed by atoms with E-state index in [1.807, 2.05) is 35.1 Å². The lowest BCUT2D eigenvalue weighted by atomic mass is 9.93. The Labute approximate surface area is 202 Å². The third-order valence-corrected chi connectivity index (χ3v) is 6.56. The van der Waals surface area contributed by atoms with E-state index in [1.165, 1.54) is 17.8 Å². The molecular formula is C26H28N4O3S. The van der Waals surface area contributed by atoms with Gasteiger partial charge >= 0.3 is 0 Å². The molecule has 0 saturated carbocycles. The lowest BCUT2D eigenvalue weighted by Gasteiger charge is -2.22. The van der Waals surface area contributed by atoms with Crippen LogP contribution in [-0.4, -0.2) is 40.1 Å². The van der Waals surface area contributed by atoms with Gasteiger partial charge < -0.3 is 10.1 Å². The Balaban J connectivity index is 0.000000868. The zero-order chi connectivity index (χ0) is 24.1. The first-order valence-electron chi connectivity index (χ1n) is 11.4. The minimum Gasteiger partial charge on any atom is -0.497 e. The van der Waals surface area contributed by atoms with Gasteiger partial charge in [-0.3, -0.25) is 14.6 Å². The van der Waals surface area contributed by atoms with Crippen LogP contribution in [0.1, 0.15) is 57.3 Å². The molecule has 3 aromatic heterocycles. The highest BCUT2D eigenvalue weighted by molar-refractivity contribution is 7.15. The van der Waals surface area contributed by atoms with Gasteiger partial charge in [0.2, 0.25) is 0 Å². The number of fused-ring (bicyclic) bond motifs is 2. The number of methoxy groups -OCH3 is 1. The molecule has 1 unspecified atom stereocenters. The second-order valence-electron chi connectivity index (χ2n) is 8.20. The van der Waals surface area contributed by atoms with Crippen LogP contribution in [0.15, 0.2) is 48.8 Å². The van der Waals surface area contributed by atoms with Crippen LogP contribution < -0.4 is 10.1 Å². The number of aldehydes is 1. The first-order chi connectivity index (χ1) is 16.6. The molecule has 1 aromatic carbocycles. The predicted molar refractivity (Wildman–Crippen MR) is 134 cm³/mol. The molecule has 0 fully saturated rings. The molecule has 1 amide bonds. The highest BCUT2D eigenvalue weighted by Crippen LogP contribution is 2.28. The van der Waals surface area contributed by atoms with E-state index in [0.717, 1.165) is 59.1 Å². The molecular weight excluding hydrogens is 448 g/mol. The number of ether oxygens (including phenoxy) is 1. The fourth-order valence-electron chi connectivity index (χ4n) is 3.98.